The Labute approximate surface area is 171 Å². The molecule has 7 heteroatoms. The van der Waals surface area contributed by atoms with E-state index >= 15 is 0 Å². The van der Waals surface area contributed by atoms with Gasteiger partial charge in [0.15, 0.2) is 0 Å². The minimum Gasteiger partial charge on any atom is -0.378 e. The molecule has 0 aliphatic carbocycles. The number of aryl methyl sites for hydroxylation is 2. The van der Waals surface area contributed by atoms with Gasteiger partial charge in [0, 0.05) is 23.2 Å². The molecule has 1 aliphatic heterocycles. The van der Waals surface area contributed by atoms with Gasteiger partial charge in [0.2, 0.25) is 0 Å². The lowest BCUT2D eigenvalue weighted by molar-refractivity contribution is 0.122. The lowest BCUT2D eigenvalue weighted by Crippen LogP contribution is -2.36. The van der Waals surface area contributed by atoms with Crippen LogP contribution in [0, 0.1) is 13.8 Å². The Morgan fingerprint density at radius 2 is 1.93 bits per heavy atom. The molecule has 0 radical (unpaired) electrons. The normalized spacial score (nSPS) is 14.9. The average Bonchev–Trinajstić information content (AvgIpc) is 2.70. The van der Waals surface area contributed by atoms with Crippen LogP contribution in [0.3, 0.4) is 0 Å². The molecule has 2 heterocycles. The van der Waals surface area contributed by atoms with Gasteiger partial charge in [0.25, 0.3) is 5.56 Å². The Balaban J connectivity index is 1.66. The van der Waals surface area contributed by atoms with E-state index in [9.17, 15) is 4.79 Å². The fourth-order valence-electron chi connectivity index (χ4n) is 3.34. The highest BCUT2D eigenvalue weighted by Crippen LogP contribution is 2.20. The second kappa shape index (κ2) is 7.85. The first-order valence-electron chi connectivity index (χ1n) is 9.19. The number of rotatable bonds is 3. The van der Waals surface area contributed by atoms with Gasteiger partial charge in [-0.25, -0.2) is 4.98 Å². The lowest BCUT2D eigenvalue weighted by Gasteiger charge is -2.29. The predicted octanol–water partition coefficient (Wildman–Crippen LogP) is 3.49. The van der Waals surface area contributed by atoms with Gasteiger partial charge in [-0.15, -0.1) is 0 Å². The monoisotopic (exact) mass is 440 g/mol. The van der Waals surface area contributed by atoms with Crippen molar-refractivity contribution in [3.63, 3.8) is 0 Å². The van der Waals surface area contributed by atoms with Crippen molar-refractivity contribution in [1.82, 2.24) is 9.66 Å². The summed E-state index contributed by atoms with van der Waals surface area (Å²) in [6, 6.07) is 11.8. The summed E-state index contributed by atoms with van der Waals surface area (Å²) in [5, 5.41) is 4.96. The number of anilines is 1. The maximum Gasteiger partial charge on any atom is 0.282 e. The zero-order valence-electron chi connectivity index (χ0n) is 15.9. The Kier molecular flexibility index (Phi) is 5.28. The summed E-state index contributed by atoms with van der Waals surface area (Å²) >= 11 is 3.41. The summed E-state index contributed by atoms with van der Waals surface area (Å²) < 4.78 is 7.61. The number of fused-ring (bicyclic) bond motifs is 1. The van der Waals surface area contributed by atoms with Gasteiger partial charge >= 0.3 is 0 Å². The largest absolute Gasteiger partial charge is 0.378 e. The molecule has 1 aliphatic rings. The topological polar surface area (TPSA) is 59.7 Å². The van der Waals surface area contributed by atoms with Crippen molar-refractivity contribution in [2.45, 2.75) is 13.8 Å². The van der Waals surface area contributed by atoms with Gasteiger partial charge in [-0.1, -0.05) is 22.0 Å². The molecule has 3 aromatic rings. The molecule has 0 saturated carbocycles. The molecule has 144 valence electrons. The molecule has 1 saturated heterocycles. The summed E-state index contributed by atoms with van der Waals surface area (Å²) in [7, 11) is 0. The molecule has 0 atom stereocenters. The first-order valence-corrected chi connectivity index (χ1v) is 9.99. The maximum absolute atomic E-state index is 12.8. The van der Waals surface area contributed by atoms with Crippen molar-refractivity contribution < 1.29 is 4.74 Å². The van der Waals surface area contributed by atoms with Crippen LogP contribution in [0.4, 0.5) is 5.69 Å². The Morgan fingerprint density at radius 3 is 2.68 bits per heavy atom. The van der Waals surface area contributed by atoms with Crippen LogP contribution >= 0.6 is 15.9 Å². The molecule has 0 unspecified atom stereocenters. The van der Waals surface area contributed by atoms with Crippen molar-refractivity contribution in [1.29, 1.82) is 0 Å². The van der Waals surface area contributed by atoms with Crippen LogP contribution < -0.4 is 10.5 Å². The van der Waals surface area contributed by atoms with Crippen molar-refractivity contribution in [3.05, 3.63) is 68.2 Å². The van der Waals surface area contributed by atoms with E-state index in [0.29, 0.717) is 16.7 Å². The highest BCUT2D eigenvalue weighted by atomic mass is 79.9. The summed E-state index contributed by atoms with van der Waals surface area (Å²) in [5.74, 6) is 0.554. The Morgan fingerprint density at radius 1 is 1.14 bits per heavy atom. The smallest absolute Gasteiger partial charge is 0.282 e. The zero-order valence-corrected chi connectivity index (χ0v) is 17.4. The summed E-state index contributed by atoms with van der Waals surface area (Å²) in [4.78, 5) is 19.7. The number of hydrogen-bond donors (Lipinski definition) is 0. The number of ether oxygens (including phenoxy) is 1. The molecule has 1 fully saturated rings. The summed E-state index contributed by atoms with van der Waals surface area (Å²) in [6.45, 7) is 7.16. The standard InChI is InChI=1S/C21H21BrN4O2/c1-14-11-18(25-7-9-28-10-8-25)5-3-16(14)13-23-26-15(2)24-20-6-4-17(22)12-19(20)21(26)27/h3-6,11-13H,7-10H2,1-2H3. The first kappa shape index (κ1) is 18.8. The fraction of sp³-hybridized carbons (Fsp3) is 0.286. The molecule has 1 aromatic heterocycles. The van der Waals surface area contributed by atoms with Crippen LogP contribution in [0.2, 0.25) is 0 Å². The Hall–Kier alpha value is -2.51. The lowest BCUT2D eigenvalue weighted by atomic mass is 10.1. The molecule has 0 N–H and O–H groups in total. The third-order valence-corrected chi connectivity index (χ3v) is 5.41. The van der Waals surface area contributed by atoms with E-state index in [1.807, 2.05) is 18.2 Å². The van der Waals surface area contributed by atoms with Crippen LogP contribution in [0.1, 0.15) is 17.0 Å². The van der Waals surface area contributed by atoms with Crippen LogP contribution in [0.15, 0.2) is 50.8 Å². The number of morpholine rings is 1. The number of halogens is 1. The number of hydrogen-bond acceptors (Lipinski definition) is 5. The molecule has 28 heavy (non-hydrogen) atoms. The second-order valence-corrected chi connectivity index (χ2v) is 7.74. The molecule has 2 aromatic carbocycles. The third kappa shape index (κ3) is 3.72. The van der Waals surface area contributed by atoms with Crippen molar-refractivity contribution in [2.24, 2.45) is 5.10 Å². The fourth-order valence-corrected chi connectivity index (χ4v) is 3.70. The van der Waals surface area contributed by atoms with Crippen molar-refractivity contribution in [3.8, 4) is 0 Å². The van der Waals surface area contributed by atoms with E-state index in [1.165, 1.54) is 10.4 Å². The quantitative estimate of drug-likeness (QED) is 0.584. The average molecular weight is 441 g/mol. The second-order valence-electron chi connectivity index (χ2n) is 6.82. The van der Waals surface area contributed by atoms with Crippen LogP contribution in [-0.4, -0.2) is 42.2 Å². The van der Waals surface area contributed by atoms with E-state index < -0.39 is 0 Å². The van der Waals surface area contributed by atoms with E-state index in [2.05, 4.69) is 50.0 Å². The molecule has 6 nitrogen and oxygen atoms in total. The van der Waals surface area contributed by atoms with E-state index in [1.54, 1.807) is 19.2 Å². The van der Waals surface area contributed by atoms with Crippen LogP contribution in [0.25, 0.3) is 10.9 Å². The van der Waals surface area contributed by atoms with Gasteiger partial charge < -0.3 is 9.64 Å². The third-order valence-electron chi connectivity index (χ3n) is 4.91. The van der Waals surface area contributed by atoms with Crippen LogP contribution in [-0.2, 0) is 4.74 Å². The van der Waals surface area contributed by atoms with E-state index in [0.717, 1.165) is 41.9 Å². The molecule has 0 amide bonds. The maximum atomic E-state index is 12.8. The first-order chi connectivity index (χ1) is 13.5. The number of benzene rings is 2. The molecule has 0 spiro atoms. The molecule has 0 bridgehead atoms. The highest BCUT2D eigenvalue weighted by Gasteiger charge is 2.12. The molecule has 4 rings (SSSR count). The van der Waals surface area contributed by atoms with Gasteiger partial charge in [-0.2, -0.15) is 9.78 Å². The van der Waals surface area contributed by atoms with E-state index in [-0.39, 0.29) is 5.56 Å². The van der Waals surface area contributed by atoms with Gasteiger partial charge in [0.05, 0.1) is 30.3 Å². The van der Waals surface area contributed by atoms with Crippen molar-refractivity contribution in [2.75, 3.05) is 31.2 Å². The Bertz CT molecular complexity index is 1120. The minimum atomic E-state index is -0.178. The highest BCUT2D eigenvalue weighted by molar-refractivity contribution is 9.10. The SMILES string of the molecule is Cc1cc(N2CCOCC2)ccc1C=Nn1c(C)nc2ccc(Br)cc2c1=O. The summed E-state index contributed by atoms with van der Waals surface area (Å²) in [6.07, 6.45) is 1.72. The van der Waals surface area contributed by atoms with Crippen LogP contribution in [0.5, 0.6) is 0 Å². The van der Waals surface area contributed by atoms with Gasteiger partial charge in [-0.05, 0) is 55.3 Å². The molecular formula is C21H21BrN4O2. The number of nitrogens with zero attached hydrogens (tertiary/aromatic N) is 4. The summed E-state index contributed by atoms with van der Waals surface area (Å²) in [5.41, 5.74) is 3.75. The van der Waals surface area contributed by atoms with Gasteiger partial charge in [0.1, 0.15) is 5.82 Å². The van der Waals surface area contributed by atoms with Crippen molar-refractivity contribution >= 4 is 38.7 Å². The van der Waals surface area contributed by atoms with Gasteiger partial charge in [-0.3, -0.25) is 4.79 Å². The molecular weight excluding hydrogens is 420 g/mol. The zero-order chi connectivity index (χ0) is 19.7. The number of aromatic nitrogens is 2. The minimum absolute atomic E-state index is 0.178. The van der Waals surface area contributed by atoms with E-state index in [4.69, 9.17) is 4.74 Å². The predicted molar refractivity (Wildman–Crippen MR) is 116 cm³/mol.